The van der Waals surface area contributed by atoms with Crippen LogP contribution in [0.2, 0.25) is 5.02 Å². The average molecular weight is 235 g/mol. The third kappa shape index (κ3) is 3.18. The van der Waals surface area contributed by atoms with Gasteiger partial charge < -0.3 is 9.84 Å². The number of aliphatic hydroxyl groups excluding tert-OH is 1. The molecule has 5 heteroatoms. The first-order chi connectivity index (χ1) is 7.04. The van der Waals surface area contributed by atoms with Crippen molar-refractivity contribution < 1.29 is 18.6 Å². The Hall–Kier alpha value is -1.13. The molecule has 1 N–H and O–H groups in total. The SMILES string of the molecule is C=CC(O)c1cc(Cl)ccc1OC(F)F. The van der Waals surface area contributed by atoms with Crippen LogP contribution in [-0.2, 0) is 0 Å². The van der Waals surface area contributed by atoms with Crippen LogP contribution >= 0.6 is 11.6 Å². The summed E-state index contributed by atoms with van der Waals surface area (Å²) < 4.78 is 28.2. The second kappa shape index (κ2) is 5.09. The van der Waals surface area contributed by atoms with E-state index >= 15 is 0 Å². The highest BCUT2D eigenvalue weighted by molar-refractivity contribution is 6.30. The van der Waals surface area contributed by atoms with Crippen LogP contribution in [0.25, 0.3) is 0 Å². The predicted molar refractivity (Wildman–Crippen MR) is 53.2 cm³/mol. The van der Waals surface area contributed by atoms with E-state index in [1.807, 2.05) is 0 Å². The molecule has 0 amide bonds. The van der Waals surface area contributed by atoms with Gasteiger partial charge in [-0.2, -0.15) is 8.78 Å². The van der Waals surface area contributed by atoms with E-state index in [0.29, 0.717) is 5.02 Å². The molecule has 1 atom stereocenters. The zero-order valence-corrected chi connectivity index (χ0v) is 8.42. The number of halogens is 3. The van der Waals surface area contributed by atoms with Gasteiger partial charge in [0.1, 0.15) is 11.9 Å². The number of alkyl halides is 2. The first-order valence-corrected chi connectivity index (χ1v) is 4.47. The molecule has 0 saturated heterocycles. The standard InChI is InChI=1S/C10H9ClF2O2/c1-2-8(14)7-5-6(11)3-4-9(7)15-10(12)13/h2-5,8,10,14H,1H2. The Bertz CT molecular complexity index is 355. The monoisotopic (exact) mass is 234 g/mol. The molecule has 0 spiro atoms. The fourth-order valence-corrected chi connectivity index (χ4v) is 1.26. The van der Waals surface area contributed by atoms with Gasteiger partial charge in [0.05, 0.1) is 0 Å². The minimum Gasteiger partial charge on any atom is -0.434 e. The molecule has 0 aromatic heterocycles. The van der Waals surface area contributed by atoms with Gasteiger partial charge in [-0.3, -0.25) is 0 Å². The molecule has 2 nitrogen and oxygen atoms in total. The molecule has 0 aliphatic rings. The Morgan fingerprint density at radius 1 is 1.47 bits per heavy atom. The van der Waals surface area contributed by atoms with Gasteiger partial charge in [0, 0.05) is 10.6 Å². The summed E-state index contributed by atoms with van der Waals surface area (Å²) in [5.41, 5.74) is 0.165. The molecule has 0 bridgehead atoms. The quantitative estimate of drug-likeness (QED) is 0.811. The largest absolute Gasteiger partial charge is 0.434 e. The average Bonchev–Trinajstić information content (AvgIpc) is 2.19. The van der Waals surface area contributed by atoms with Gasteiger partial charge in [-0.1, -0.05) is 17.7 Å². The molecule has 0 saturated carbocycles. The fourth-order valence-electron chi connectivity index (χ4n) is 1.08. The van der Waals surface area contributed by atoms with Crippen molar-refractivity contribution in [1.82, 2.24) is 0 Å². The maximum Gasteiger partial charge on any atom is 0.387 e. The molecule has 0 heterocycles. The minimum absolute atomic E-state index is 0.109. The van der Waals surface area contributed by atoms with Gasteiger partial charge in [-0.15, -0.1) is 6.58 Å². The van der Waals surface area contributed by atoms with E-state index in [4.69, 9.17) is 11.6 Å². The molecule has 0 radical (unpaired) electrons. The maximum absolute atomic E-state index is 12.0. The van der Waals surface area contributed by atoms with Gasteiger partial charge in [-0.05, 0) is 18.2 Å². The lowest BCUT2D eigenvalue weighted by atomic mass is 10.1. The van der Waals surface area contributed by atoms with E-state index in [9.17, 15) is 13.9 Å². The maximum atomic E-state index is 12.0. The topological polar surface area (TPSA) is 29.5 Å². The third-order valence-corrected chi connectivity index (χ3v) is 1.96. The molecule has 1 rings (SSSR count). The Kier molecular flexibility index (Phi) is 4.05. The fraction of sp³-hybridized carbons (Fsp3) is 0.200. The second-order valence-electron chi connectivity index (χ2n) is 2.74. The molecule has 0 fully saturated rings. The normalized spacial score (nSPS) is 12.6. The van der Waals surface area contributed by atoms with E-state index in [1.165, 1.54) is 24.3 Å². The second-order valence-corrected chi connectivity index (χ2v) is 3.18. The lowest BCUT2D eigenvalue weighted by molar-refractivity contribution is -0.0512. The zero-order chi connectivity index (χ0) is 11.4. The molecule has 1 unspecified atom stereocenters. The van der Waals surface area contributed by atoms with E-state index < -0.39 is 12.7 Å². The smallest absolute Gasteiger partial charge is 0.387 e. The molecule has 1 aromatic rings. The van der Waals surface area contributed by atoms with Gasteiger partial charge in [-0.25, -0.2) is 0 Å². The summed E-state index contributed by atoms with van der Waals surface area (Å²) in [5.74, 6) is -0.109. The number of hydrogen-bond acceptors (Lipinski definition) is 2. The first kappa shape index (κ1) is 11.9. The van der Waals surface area contributed by atoms with Crippen molar-refractivity contribution in [1.29, 1.82) is 0 Å². The minimum atomic E-state index is -2.94. The third-order valence-electron chi connectivity index (χ3n) is 1.73. The molecule has 0 aliphatic heterocycles. The molecule has 82 valence electrons. The van der Waals surface area contributed by atoms with Crippen LogP contribution in [0.1, 0.15) is 11.7 Å². The van der Waals surface area contributed by atoms with Gasteiger partial charge >= 0.3 is 6.61 Å². The number of rotatable bonds is 4. The van der Waals surface area contributed by atoms with E-state index in [1.54, 1.807) is 0 Å². The number of benzene rings is 1. The molecular formula is C10H9ClF2O2. The van der Waals surface area contributed by atoms with Crippen molar-refractivity contribution in [2.45, 2.75) is 12.7 Å². The zero-order valence-electron chi connectivity index (χ0n) is 7.66. The van der Waals surface area contributed by atoms with E-state index in [2.05, 4.69) is 11.3 Å². The number of aliphatic hydroxyl groups is 1. The van der Waals surface area contributed by atoms with Crippen molar-refractivity contribution in [3.63, 3.8) is 0 Å². The van der Waals surface area contributed by atoms with Crippen LogP contribution in [0, 0.1) is 0 Å². The summed E-state index contributed by atoms with van der Waals surface area (Å²) in [7, 11) is 0. The Balaban J connectivity index is 3.08. The predicted octanol–water partition coefficient (Wildman–Crippen LogP) is 3.16. The first-order valence-electron chi connectivity index (χ1n) is 4.09. The Morgan fingerprint density at radius 3 is 2.67 bits per heavy atom. The lowest BCUT2D eigenvalue weighted by Crippen LogP contribution is -2.06. The van der Waals surface area contributed by atoms with Crippen LogP contribution in [0.5, 0.6) is 5.75 Å². The molecule has 0 aliphatic carbocycles. The van der Waals surface area contributed by atoms with Crippen LogP contribution in [0.4, 0.5) is 8.78 Å². The summed E-state index contributed by atoms with van der Waals surface area (Å²) in [6, 6.07) is 4.03. The summed E-state index contributed by atoms with van der Waals surface area (Å²) in [5, 5.41) is 9.77. The van der Waals surface area contributed by atoms with Crippen molar-refractivity contribution in [3.05, 3.63) is 41.4 Å². The van der Waals surface area contributed by atoms with Crippen molar-refractivity contribution in [2.75, 3.05) is 0 Å². The number of ether oxygens (including phenoxy) is 1. The summed E-state index contributed by atoms with van der Waals surface area (Å²) in [6.45, 7) is 0.408. The van der Waals surface area contributed by atoms with E-state index in [-0.39, 0.29) is 11.3 Å². The van der Waals surface area contributed by atoms with Crippen LogP contribution in [0.3, 0.4) is 0 Å². The lowest BCUT2D eigenvalue weighted by Gasteiger charge is -2.13. The van der Waals surface area contributed by atoms with Crippen molar-refractivity contribution in [3.8, 4) is 5.75 Å². The highest BCUT2D eigenvalue weighted by Crippen LogP contribution is 2.30. The molecular weight excluding hydrogens is 226 g/mol. The van der Waals surface area contributed by atoms with Gasteiger partial charge in [0.15, 0.2) is 0 Å². The van der Waals surface area contributed by atoms with Crippen LogP contribution in [0.15, 0.2) is 30.9 Å². The summed E-state index contributed by atoms with van der Waals surface area (Å²) in [6.07, 6.45) is 0.113. The van der Waals surface area contributed by atoms with Crippen LogP contribution < -0.4 is 4.74 Å². The summed E-state index contributed by atoms with van der Waals surface area (Å²) >= 11 is 5.67. The van der Waals surface area contributed by atoms with Crippen molar-refractivity contribution >= 4 is 11.6 Å². The number of hydrogen-bond donors (Lipinski definition) is 1. The highest BCUT2D eigenvalue weighted by Gasteiger charge is 2.14. The summed E-state index contributed by atoms with van der Waals surface area (Å²) in [4.78, 5) is 0. The van der Waals surface area contributed by atoms with E-state index in [0.717, 1.165) is 0 Å². The Labute approximate surface area is 90.7 Å². The molecule has 1 aromatic carbocycles. The Morgan fingerprint density at radius 2 is 2.13 bits per heavy atom. The molecule has 15 heavy (non-hydrogen) atoms. The highest BCUT2D eigenvalue weighted by atomic mass is 35.5. The van der Waals surface area contributed by atoms with Gasteiger partial charge in [0.2, 0.25) is 0 Å². The van der Waals surface area contributed by atoms with Crippen molar-refractivity contribution in [2.24, 2.45) is 0 Å². The van der Waals surface area contributed by atoms with Crippen LogP contribution in [-0.4, -0.2) is 11.7 Å². The van der Waals surface area contributed by atoms with Gasteiger partial charge in [0.25, 0.3) is 0 Å².